The number of carbonyl (C=O) groups is 1. The first-order valence-electron chi connectivity index (χ1n) is 5.12. The first-order valence-corrected chi connectivity index (χ1v) is 5.55. The molecule has 0 heterocycles. The molecule has 0 aromatic carbocycles. The van der Waals surface area contributed by atoms with E-state index in [1.54, 1.807) is 0 Å². The van der Waals surface area contributed by atoms with Crippen LogP contribution < -0.4 is 5.32 Å². The number of halogens is 1. The average molecular weight is 204 g/mol. The summed E-state index contributed by atoms with van der Waals surface area (Å²) < 4.78 is 0. The molecule has 0 saturated heterocycles. The fourth-order valence-electron chi connectivity index (χ4n) is 1.73. The van der Waals surface area contributed by atoms with E-state index >= 15 is 0 Å². The predicted molar refractivity (Wildman–Crippen MR) is 54.9 cm³/mol. The maximum atomic E-state index is 11.5. The Morgan fingerprint density at radius 3 is 2.69 bits per heavy atom. The molecule has 1 amide bonds. The smallest absolute Gasteiger partial charge is 0.223 e. The van der Waals surface area contributed by atoms with Gasteiger partial charge in [0.05, 0.1) is 0 Å². The zero-order valence-electron chi connectivity index (χ0n) is 8.18. The lowest BCUT2D eigenvalue weighted by atomic mass is 10.1. The van der Waals surface area contributed by atoms with Crippen molar-refractivity contribution in [1.29, 1.82) is 0 Å². The van der Waals surface area contributed by atoms with Crippen LogP contribution in [-0.2, 0) is 4.79 Å². The Labute approximate surface area is 85.0 Å². The van der Waals surface area contributed by atoms with Crippen molar-refractivity contribution in [2.24, 2.45) is 5.92 Å². The Kier molecular flexibility index (Phi) is 4.57. The van der Waals surface area contributed by atoms with Gasteiger partial charge in [-0.1, -0.05) is 12.8 Å². The minimum Gasteiger partial charge on any atom is -0.356 e. The van der Waals surface area contributed by atoms with Crippen LogP contribution in [0.15, 0.2) is 0 Å². The number of nitrogens with one attached hydrogen (secondary N) is 1. The van der Waals surface area contributed by atoms with Crippen LogP contribution in [-0.4, -0.2) is 17.8 Å². The molecule has 0 bridgehead atoms. The molecule has 1 atom stereocenters. The monoisotopic (exact) mass is 203 g/mol. The van der Waals surface area contributed by atoms with E-state index in [2.05, 4.69) is 5.32 Å². The molecule has 2 nitrogen and oxygen atoms in total. The summed E-state index contributed by atoms with van der Waals surface area (Å²) >= 11 is 5.77. The number of hydrogen-bond acceptors (Lipinski definition) is 1. The van der Waals surface area contributed by atoms with Crippen LogP contribution in [0.25, 0.3) is 0 Å². The Hall–Kier alpha value is -0.240. The average Bonchev–Trinajstić information content (AvgIpc) is 2.55. The number of carbonyl (C=O) groups excluding carboxylic acids is 1. The van der Waals surface area contributed by atoms with Gasteiger partial charge in [0.25, 0.3) is 0 Å². The van der Waals surface area contributed by atoms with Gasteiger partial charge < -0.3 is 5.32 Å². The second-order valence-corrected chi connectivity index (χ2v) is 4.59. The molecule has 3 heteroatoms. The third kappa shape index (κ3) is 3.99. The minimum atomic E-state index is 0.156. The summed E-state index contributed by atoms with van der Waals surface area (Å²) in [6, 6.07) is 0. The highest BCUT2D eigenvalue weighted by molar-refractivity contribution is 6.20. The molecule has 76 valence electrons. The van der Waals surface area contributed by atoms with E-state index in [0.717, 1.165) is 25.8 Å². The molecule has 0 spiro atoms. The highest BCUT2D eigenvalue weighted by atomic mass is 35.5. The minimum absolute atomic E-state index is 0.156. The largest absolute Gasteiger partial charge is 0.356 e. The Bertz CT molecular complexity index is 164. The van der Waals surface area contributed by atoms with Gasteiger partial charge in [0, 0.05) is 17.8 Å². The van der Waals surface area contributed by atoms with Crippen molar-refractivity contribution in [2.45, 2.75) is 44.4 Å². The van der Waals surface area contributed by atoms with Gasteiger partial charge in [0.2, 0.25) is 5.91 Å². The molecular weight excluding hydrogens is 186 g/mol. The predicted octanol–water partition coefficient (Wildman–Crippen LogP) is 2.31. The molecule has 0 aromatic heterocycles. The molecule has 1 fully saturated rings. The number of hydrogen-bond donors (Lipinski definition) is 1. The van der Waals surface area contributed by atoms with Crippen molar-refractivity contribution in [2.75, 3.05) is 6.54 Å². The van der Waals surface area contributed by atoms with E-state index in [-0.39, 0.29) is 17.2 Å². The van der Waals surface area contributed by atoms with Gasteiger partial charge in [-0.3, -0.25) is 4.79 Å². The molecule has 1 N–H and O–H groups in total. The number of alkyl halides is 1. The lowest BCUT2D eigenvalue weighted by molar-refractivity contribution is -0.124. The van der Waals surface area contributed by atoms with E-state index in [1.807, 2.05) is 6.92 Å². The first kappa shape index (κ1) is 10.8. The second kappa shape index (κ2) is 5.48. The maximum absolute atomic E-state index is 11.5. The molecule has 1 unspecified atom stereocenters. The van der Waals surface area contributed by atoms with E-state index in [4.69, 9.17) is 11.6 Å². The topological polar surface area (TPSA) is 29.1 Å². The third-order valence-electron chi connectivity index (χ3n) is 2.57. The normalized spacial score (nSPS) is 20.2. The van der Waals surface area contributed by atoms with Gasteiger partial charge in [-0.15, -0.1) is 11.6 Å². The third-order valence-corrected chi connectivity index (χ3v) is 2.79. The summed E-state index contributed by atoms with van der Waals surface area (Å²) in [5.41, 5.74) is 0. The quantitative estimate of drug-likeness (QED) is 0.699. The molecule has 1 aliphatic carbocycles. The first-order chi connectivity index (χ1) is 6.20. The van der Waals surface area contributed by atoms with Gasteiger partial charge in [-0.05, 0) is 26.2 Å². The van der Waals surface area contributed by atoms with Crippen molar-refractivity contribution >= 4 is 17.5 Å². The molecule has 1 aliphatic rings. The summed E-state index contributed by atoms with van der Waals surface area (Å²) in [7, 11) is 0. The number of amides is 1. The summed E-state index contributed by atoms with van der Waals surface area (Å²) in [4.78, 5) is 11.5. The van der Waals surface area contributed by atoms with Gasteiger partial charge in [0.15, 0.2) is 0 Å². The highest BCUT2D eigenvalue weighted by Crippen LogP contribution is 2.24. The van der Waals surface area contributed by atoms with Crippen LogP contribution in [0, 0.1) is 5.92 Å². The maximum Gasteiger partial charge on any atom is 0.223 e. The molecule has 1 rings (SSSR count). The fraction of sp³-hybridized carbons (Fsp3) is 0.900. The van der Waals surface area contributed by atoms with E-state index in [1.165, 1.54) is 12.8 Å². The van der Waals surface area contributed by atoms with E-state index < -0.39 is 0 Å². The molecule has 0 aromatic rings. The van der Waals surface area contributed by atoms with Crippen molar-refractivity contribution < 1.29 is 4.79 Å². The van der Waals surface area contributed by atoms with Crippen molar-refractivity contribution in [3.05, 3.63) is 0 Å². The summed E-state index contributed by atoms with van der Waals surface area (Å²) in [6.45, 7) is 2.67. The van der Waals surface area contributed by atoms with E-state index in [0.29, 0.717) is 0 Å². The van der Waals surface area contributed by atoms with Crippen LogP contribution in [0.2, 0.25) is 0 Å². The molecule has 13 heavy (non-hydrogen) atoms. The SMILES string of the molecule is CC(Cl)CCNC(=O)C1CCCC1. The van der Waals surface area contributed by atoms with Gasteiger partial charge in [-0.25, -0.2) is 0 Å². The second-order valence-electron chi connectivity index (χ2n) is 3.84. The van der Waals surface area contributed by atoms with Crippen LogP contribution in [0.1, 0.15) is 39.0 Å². The summed E-state index contributed by atoms with van der Waals surface area (Å²) in [5, 5.41) is 3.09. The van der Waals surface area contributed by atoms with Gasteiger partial charge in [0.1, 0.15) is 0 Å². The van der Waals surface area contributed by atoms with Crippen LogP contribution in [0.4, 0.5) is 0 Å². The Morgan fingerprint density at radius 2 is 2.15 bits per heavy atom. The lowest BCUT2D eigenvalue weighted by Crippen LogP contribution is -2.30. The van der Waals surface area contributed by atoms with Gasteiger partial charge in [-0.2, -0.15) is 0 Å². The molecule has 1 saturated carbocycles. The van der Waals surface area contributed by atoms with Crippen LogP contribution in [0.3, 0.4) is 0 Å². The van der Waals surface area contributed by atoms with Crippen LogP contribution in [0.5, 0.6) is 0 Å². The Morgan fingerprint density at radius 1 is 1.54 bits per heavy atom. The molecule has 0 radical (unpaired) electrons. The lowest BCUT2D eigenvalue weighted by Gasteiger charge is -2.10. The Balaban J connectivity index is 2.10. The highest BCUT2D eigenvalue weighted by Gasteiger charge is 2.21. The van der Waals surface area contributed by atoms with Crippen molar-refractivity contribution in [3.8, 4) is 0 Å². The summed E-state index contributed by atoms with van der Waals surface area (Å²) in [6.07, 6.45) is 5.43. The molecule has 0 aliphatic heterocycles. The van der Waals surface area contributed by atoms with Gasteiger partial charge >= 0.3 is 0 Å². The van der Waals surface area contributed by atoms with Crippen molar-refractivity contribution in [1.82, 2.24) is 5.32 Å². The summed E-state index contributed by atoms with van der Waals surface area (Å²) in [5.74, 6) is 0.514. The van der Waals surface area contributed by atoms with Crippen LogP contribution >= 0.6 is 11.6 Å². The number of rotatable bonds is 4. The van der Waals surface area contributed by atoms with Crippen molar-refractivity contribution in [3.63, 3.8) is 0 Å². The standard InChI is InChI=1S/C10H18ClNO/c1-8(11)6-7-12-10(13)9-4-2-3-5-9/h8-9H,2-7H2,1H3,(H,12,13). The zero-order valence-corrected chi connectivity index (χ0v) is 8.94. The molecular formula is C10H18ClNO. The zero-order chi connectivity index (χ0) is 9.68. The fourth-order valence-corrected chi connectivity index (χ4v) is 1.84. The van der Waals surface area contributed by atoms with E-state index in [9.17, 15) is 4.79 Å².